The molecule has 0 bridgehead atoms. The topological polar surface area (TPSA) is 38.8 Å². The van der Waals surface area contributed by atoms with E-state index in [2.05, 4.69) is 15.9 Å². The van der Waals surface area contributed by atoms with Gasteiger partial charge in [0.25, 0.3) is 5.91 Å². The number of amides is 1. The predicted octanol–water partition coefficient (Wildman–Crippen LogP) is 4.58. The Kier molecular flexibility index (Phi) is 4.07. The molecule has 2 heterocycles. The minimum atomic E-state index is -0.120. The van der Waals surface area contributed by atoms with Gasteiger partial charge in [-0.2, -0.15) is 0 Å². The predicted molar refractivity (Wildman–Crippen MR) is 102 cm³/mol. The fraction of sp³-hybridized carbons (Fsp3) is 0.0588. The highest BCUT2D eigenvalue weighted by Gasteiger charge is 2.33. The first-order valence-corrected chi connectivity index (χ1v) is 9.07. The molecule has 1 amide bonds. The van der Waals surface area contributed by atoms with Crippen molar-refractivity contribution in [2.75, 3.05) is 11.7 Å². The summed E-state index contributed by atoms with van der Waals surface area (Å²) in [6, 6.07) is 13.1. The monoisotopic (exact) mass is 419 g/mol. The van der Waals surface area contributed by atoms with Gasteiger partial charge in [0, 0.05) is 0 Å². The number of fused-ring (bicyclic) bond motifs is 1. The van der Waals surface area contributed by atoms with Crippen LogP contribution in [0.4, 0.5) is 5.69 Å². The van der Waals surface area contributed by atoms with Crippen LogP contribution in [0.2, 0.25) is 0 Å². The summed E-state index contributed by atoms with van der Waals surface area (Å²) in [6.07, 6.45) is 1.81. The third-order valence-electron chi connectivity index (χ3n) is 3.56. The van der Waals surface area contributed by atoms with Crippen LogP contribution in [0.1, 0.15) is 5.56 Å². The van der Waals surface area contributed by atoms with Gasteiger partial charge in [-0.3, -0.25) is 9.69 Å². The highest BCUT2D eigenvalue weighted by Crippen LogP contribution is 2.42. The van der Waals surface area contributed by atoms with Gasteiger partial charge in [-0.15, -0.1) is 0 Å². The van der Waals surface area contributed by atoms with Gasteiger partial charge in [0.15, 0.2) is 15.8 Å². The number of anilines is 1. The Bertz CT molecular complexity index is 883. The Morgan fingerprint density at radius 2 is 2.00 bits per heavy atom. The van der Waals surface area contributed by atoms with Crippen LogP contribution in [-0.2, 0) is 4.79 Å². The Morgan fingerprint density at radius 1 is 1.21 bits per heavy atom. The Morgan fingerprint density at radius 3 is 2.79 bits per heavy atom. The molecule has 4 nitrogen and oxygen atoms in total. The molecule has 2 aromatic carbocycles. The SMILES string of the molecule is O=C1/C(=C/c2cc(Br)c3c(c2)OCO3)SC(=S)N1c1ccccc1. The summed E-state index contributed by atoms with van der Waals surface area (Å²) in [6.45, 7) is 0.202. The van der Waals surface area contributed by atoms with E-state index in [9.17, 15) is 4.79 Å². The Labute approximate surface area is 156 Å². The Hall–Kier alpha value is -1.83. The molecule has 2 aromatic rings. The number of nitrogens with zero attached hydrogens (tertiary/aromatic N) is 1. The molecule has 0 radical (unpaired) electrons. The zero-order chi connectivity index (χ0) is 16.7. The molecule has 0 saturated carbocycles. The van der Waals surface area contributed by atoms with Gasteiger partial charge >= 0.3 is 0 Å². The van der Waals surface area contributed by atoms with E-state index in [1.807, 2.05) is 48.5 Å². The largest absolute Gasteiger partial charge is 0.454 e. The first kappa shape index (κ1) is 15.7. The first-order chi connectivity index (χ1) is 11.6. The number of carbonyl (C=O) groups is 1. The van der Waals surface area contributed by atoms with Crippen LogP contribution in [0, 0.1) is 0 Å². The lowest BCUT2D eigenvalue weighted by molar-refractivity contribution is -0.113. The molecule has 120 valence electrons. The van der Waals surface area contributed by atoms with Crippen molar-refractivity contribution in [1.82, 2.24) is 0 Å². The van der Waals surface area contributed by atoms with Gasteiger partial charge in [0.1, 0.15) is 0 Å². The summed E-state index contributed by atoms with van der Waals surface area (Å²) in [5, 5.41) is 0. The Balaban J connectivity index is 1.68. The van der Waals surface area contributed by atoms with Gasteiger partial charge in [-0.1, -0.05) is 42.2 Å². The zero-order valence-electron chi connectivity index (χ0n) is 12.2. The molecule has 0 aliphatic carbocycles. The molecule has 24 heavy (non-hydrogen) atoms. The van der Waals surface area contributed by atoms with Crippen LogP contribution in [-0.4, -0.2) is 17.0 Å². The quantitative estimate of drug-likeness (QED) is 0.525. The van der Waals surface area contributed by atoms with Crippen LogP contribution in [0.15, 0.2) is 51.8 Å². The molecule has 2 aliphatic rings. The third-order valence-corrected chi connectivity index (χ3v) is 5.45. The molecule has 0 atom stereocenters. The number of halogens is 1. The molecule has 7 heteroatoms. The molecule has 1 saturated heterocycles. The second-order valence-corrected chi connectivity index (χ2v) is 7.62. The van der Waals surface area contributed by atoms with E-state index in [0.29, 0.717) is 20.7 Å². The molecule has 0 N–H and O–H groups in total. The highest BCUT2D eigenvalue weighted by molar-refractivity contribution is 9.10. The summed E-state index contributed by atoms with van der Waals surface area (Å²) < 4.78 is 12.1. The normalized spacial score (nSPS) is 17.9. The second-order valence-electron chi connectivity index (χ2n) is 5.09. The number of hydrogen-bond donors (Lipinski definition) is 0. The van der Waals surface area contributed by atoms with Gasteiger partial charge in [0.05, 0.1) is 15.1 Å². The number of carbonyl (C=O) groups excluding carboxylic acids is 1. The van der Waals surface area contributed by atoms with E-state index in [1.165, 1.54) is 11.8 Å². The third kappa shape index (κ3) is 2.72. The van der Waals surface area contributed by atoms with Gasteiger partial charge < -0.3 is 9.47 Å². The molecule has 1 fully saturated rings. The maximum absolute atomic E-state index is 12.7. The van der Waals surface area contributed by atoms with Crippen LogP contribution in [0.25, 0.3) is 6.08 Å². The fourth-order valence-corrected chi connectivity index (χ4v) is 4.36. The van der Waals surface area contributed by atoms with Crippen molar-refractivity contribution in [3.63, 3.8) is 0 Å². The van der Waals surface area contributed by atoms with Gasteiger partial charge in [0.2, 0.25) is 6.79 Å². The van der Waals surface area contributed by atoms with Gasteiger partial charge in [-0.05, 0) is 51.8 Å². The van der Waals surface area contributed by atoms with E-state index < -0.39 is 0 Å². The minimum Gasteiger partial charge on any atom is -0.454 e. The van der Waals surface area contributed by atoms with Crippen LogP contribution in [0.5, 0.6) is 11.5 Å². The number of benzene rings is 2. The summed E-state index contributed by atoms with van der Waals surface area (Å²) in [5.41, 5.74) is 1.62. The smallest absolute Gasteiger partial charge is 0.270 e. The van der Waals surface area contributed by atoms with Crippen LogP contribution in [0.3, 0.4) is 0 Å². The maximum atomic E-state index is 12.7. The van der Waals surface area contributed by atoms with E-state index in [4.69, 9.17) is 21.7 Å². The van der Waals surface area contributed by atoms with Crippen molar-refractivity contribution in [2.24, 2.45) is 0 Å². The molecule has 0 unspecified atom stereocenters. The number of para-hydroxylation sites is 1. The number of ether oxygens (including phenoxy) is 2. The number of thiocarbonyl (C=S) groups is 1. The lowest BCUT2D eigenvalue weighted by Crippen LogP contribution is -2.27. The average molecular weight is 420 g/mol. The van der Waals surface area contributed by atoms with Crippen LogP contribution < -0.4 is 14.4 Å². The van der Waals surface area contributed by atoms with Crippen molar-refractivity contribution in [3.8, 4) is 11.5 Å². The van der Waals surface area contributed by atoms with E-state index in [1.54, 1.807) is 4.90 Å². The lowest BCUT2D eigenvalue weighted by Gasteiger charge is -2.13. The van der Waals surface area contributed by atoms with Crippen molar-refractivity contribution in [2.45, 2.75) is 0 Å². The molecule has 0 aromatic heterocycles. The van der Waals surface area contributed by atoms with Crippen LogP contribution >= 0.6 is 39.9 Å². The van der Waals surface area contributed by atoms with E-state index in [-0.39, 0.29) is 12.7 Å². The number of rotatable bonds is 2. The summed E-state index contributed by atoms with van der Waals surface area (Å²) in [5.74, 6) is 1.23. The van der Waals surface area contributed by atoms with Crippen molar-refractivity contribution in [3.05, 3.63) is 57.4 Å². The van der Waals surface area contributed by atoms with E-state index >= 15 is 0 Å². The number of hydrogen-bond acceptors (Lipinski definition) is 5. The first-order valence-electron chi connectivity index (χ1n) is 7.05. The molecule has 4 rings (SSSR count). The fourth-order valence-electron chi connectivity index (χ4n) is 2.49. The minimum absolute atomic E-state index is 0.120. The van der Waals surface area contributed by atoms with Crippen molar-refractivity contribution in [1.29, 1.82) is 0 Å². The highest BCUT2D eigenvalue weighted by atomic mass is 79.9. The standard InChI is InChI=1S/C17H10BrNO3S2/c18-12-6-10(7-13-15(12)22-9-21-13)8-14-16(20)19(17(23)24-14)11-4-2-1-3-5-11/h1-8H,9H2/b14-8-. The van der Waals surface area contributed by atoms with Gasteiger partial charge in [-0.25, -0.2) is 0 Å². The average Bonchev–Trinajstić information content (AvgIpc) is 3.14. The molecule has 2 aliphatic heterocycles. The number of thioether (sulfide) groups is 1. The maximum Gasteiger partial charge on any atom is 0.270 e. The second kappa shape index (κ2) is 6.23. The van der Waals surface area contributed by atoms with Crippen molar-refractivity contribution < 1.29 is 14.3 Å². The molecular formula is C17H10BrNO3S2. The summed E-state index contributed by atoms with van der Waals surface area (Å²) in [4.78, 5) is 14.8. The molecule has 0 spiro atoms. The summed E-state index contributed by atoms with van der Waals surface area (Å²) >= 11 is 10.1. The van der Waals surface area contributed by atoms with E-state index in [0.717, 1.165) is 15.7 Å². The zero-order valence-corrected chi connectivity index (χ0v) is 15.4. The summed E-state index contributed by atoms with van der Waals surface area (Å²) in [7, 11) is 0. The van der Waals surface area contributed by atoms with Crippen molar-refractivity contribution >= 4 is 61.9 Å². The molecular weight excluding hydrogens is 410 g/mol. The lowest BCUT2D eigenvalue weighted by atomic mass is 10.2.